The van der Waals surface area contributed by atoms with Gasteiger partial charge in [0.25, 0.3) is 0 Å². The van der Waals surface area contributed by atoms with Crippen LogP contribution in [0.2, 0.25) is 0 Å². The molecule has 2 atom stereocenters. The topological polar surface area (TPSA) is 36.9 Å². The molecule has 0 aromatic heterocycles. The van der Waals surface area contributed by atoms with E-state index in [1.165, 1.54) is 0 Å². The van der Waals surface area contributed by atoms with Crippen molar-refractivity contribution in [2.45, 2.75) is 45.1 Å². The summed E-state index contributed by atoms with van der Waals surface area (Å²) in [4.78, 5) is 0. The van der Waals surface area contributed by atoms with Crippen molar-refractivity contribution in [1.29, 1.82) is 0 Å². The van der Waals surface area contributed by atoms with Crippen molar-refractivity contribution in [1.82, 2.24) is 0 Å². The Balaban J connectivity index is 1.44. The summed E-state index contributed by atoms with van der Waals surface area (Å²) in [5, 5.41) is 0. The van der Waals surface area contributed by atoms with E-state index >= 15 is 0 Å². The van der Waals surface area contributed by atoms with Crippen molar-refractivity contribution in [2.75, 3.05) is 13.2 Å². The highest BCUT2D eigenvalue weighted by Crippen LogP contribution is 2.22. The zero-order chi connectivity index (χ0) is 17.3. The van der Waals surface area contributed by atoms with Crippen LogP contribution in [0.5, 0.6) is 0 Å². The van der Waals surface area contributed by atoms with E-state index in [1.807, 2.05) is 36.4 Å². The Hall–Kier alpha value is -1.72. The molecular formula is C21H26O4. The first-order valence-corrected chi connectivity index (χ1v) is 8.89. The molecule has 0 saturated carbocycles. The smallest absolute Gasteiger partial charge is 0.158 e. The lowest BCUT2D eigenvalue weighted by Gasteiger charge is -2.17. The maximum absolute atomic E-state index is 5.94. The maximum atomic E-state index is 5.94. The molecule has 0 unspecified atom stereocenters. The number of hydrogen-bond acceptors (Lipinski definition) is 4. The van der Waals surface area contributed by atoms with Gasteiger partial charge in [-0.2, -0.15) is 0 Å². The first-order valence-electron chi connectivity index (χ1n) is 8.89. The first kappa shape index (κ1) is 18.1. The fraction of sp³-hybridized carbons (Fsp3) is 0.429. The van der Waals surface area contributed by atoms with Gasteiger partial charge in [-0.15, -0.1) is 0 Å². The molecule has 0 aliphatic carbocycles. The fourth-order valence-corrected chi connectivity index (χ4v) is 2.82. The molecular weight excluding hydrogens is 316 g/mol. The summed E-state index contributed by atoms with van der Waals surface area (Å²) < 4.78 is 23.5. The van der Waals surface area contributed by atoms with Crippen LogP contribution in [0.25, 0.3) is 0 Å². The van der Waals surface area contributed by atoms with Crippen LogP contribution >= 0.6 is 0 Å². The van der Waals surface area contributed by atoms with Crippen molar-refractivity contribution in [3.63, 3.8) is 0 Å². The molecule has 4 heteroatoms. The van der Waals surface area contributed by atoms with E-state index in [0.717, 1.165) is 17.5 Å². The number of rotatable bonds is 9. The SMILES string of the molecule is CCC1O[C@@H](COCc2ccccc2)[C@H](COCc2ccccc2)O1. The van der Waals surface area contributed by atoms with Crippen molar-refractivity contribution < 1.29 is 18.9 Å². The molecule has 0 N–H and O–H groups in total. The van der Waals surface area contributed by atoms with Gasteiger partial charge in [0.15, 0.2) is 6.29 Å². The van der Waals surface area contributed by atoms with Gasteiger partial charge in [-0.1, -0.05) is 67.6 Å². The van der Waals surface area contributed by atoms with Gasteiger partial charge < -0.3 is 18.9 Å². The van der Waals surface area contributed by atoms with Crippen molar-refractivity contribution >= 4 is 0 Å². The molecule has 0 radical (unpaired) electrons. The summed E-state index contributed by atoms with van der Waals surface area (Å²) in [6.07, 6.45) is 0.467. The zero-order valence-corrected chi connectivity index (χ0v) is 14.7. The van der Waals surface area contributed by atoms with Gasteiger partial charge >= 0.3 is 0 Å². The molecule has 1 aliphatic rings. The maximum Gasteiger partial charge on any atom is 0.158 e. The molecule has 0 bridgehead atoms. The lowest BCUT2D eigenvalue weighted by Crippen LogP contribution is -2.31. The minimum absolute atomic E-state index is 0.0931. The summed E-state index contributed by atoms with van der Waals surface area (Å²) >= 11 is 0. The normalized spacial score (nSPS) is 20.8. The second-order valence-electron chi connectivity index (χ2n) is 6.19. The minimum atomic E-state index is -0.171. The second-order valence-corrected chi connectivity index (χ2v) is 6.19. The van der Waals surface area contributed by atoms with E-state index in [2.05, 4.69) is 31.2 Å². The predicted octanol–water partition coefficient (Wildman–Crippen LogP) is 3.94. The third-order valence-corrected chi connectivity index (χ3v) is 4.19. The van der Waals surface area contributed by atoms with Crippen LogP contribution in [0.15, 0.2) is 60.7 Å². The summed E-state index contributed by atoms with van der Waals surface area (Å²) in [6, 6.07) is 20.3. The highest BCUT2D eigenvalue weighted by Gasteiger charge is 2.35. The lowest BCUT2D eigenvalue weighted by atomic mass is 10.2. The van der Waals surface area contributed by atoms with E-state index in [0.29, 0.717) is 26.4 Å². The standard InChI is InChI=1S/C21H26O4/c1-2-21-24-19(15-22-13-17-9-5-3-6-10-17)20(25-21)16-23-14-18-11-7-4-8-12-18/h3-12,19-21H,2,13-16H2,1H3/t19-,20-/m0/s1. The van der Waals surface area contributed by atoms with Crippen molar-refractivity contribution in [2.24, 2.45) is 0 Å². The van der Waals surface area contributed by atoms with Gasteiger partial charge in [0.05, 0.1) is 26.4 Å². The van der Waals surface area contributed by atoms with Gasteiger partial charge in [-0.3, -0.25) is 0 Å². The zero-order valence-electron chi connectivity index (χ0n) is 14.7. The molecule has 1 fully saturated rings. The molecule has 134 valence electrons. The second kappa shape index (κ2) is 9.68. The Morgan fingerprint density at radius 3 is 1.56 bits per heavy atom. The van der Waals surface area contributed by atoms with Crippen LogP contribution in [-0.2, 0) is 32.2 Å². The molecule has 1 saturated heterocycles. The van der Waals surface area contributed by atoms with Gasteiger partial charge in [-0.25, -0.2) is 0 Å². The summed E-state index contributed by atoms with van der Waals surface area (Å²) in [5.41, 5.74) is 2.32. The quantitative estimate of drug-likeness (QED) is 0.692. The average molecular weight is 342 g/mol. The number of ether oxygens (including phenoxy) is 4. The monoisotopic (exact) mass is 342 g/mol. The molecule has 1 heterocycles. The van der Waals surface area contributed by atoms with Crippen LogP contribution in [0.1, 0.15) is 24.5 Å². The van der Waals surface area contributed by atoms with Gasteiger partial charge in [0.2, 0.25) is 0 Å². The summed E-state index contributed by atoms with van der Waals surface area (Å²) in [6.45, 7) is 4.22. The van der Waals surface area contributed by atoms with Gasteiger partial charge in [-0.05, 0) is 17.5 Å². The predicted molar refractivity (Wildman–Crippen MR) is 96.0 cm³/mol. The molecule has 1 aliphatic heterocycles. The van der Waals surface area contributed by atoms with Crippen LogP contribution < -0.4 is 0 Å². The first-order chi connectivity index (χ1) is 12.3. The molecule has 2 aromatic carbocycles. The third-order valence-electron chi connectivity index (χ3n) is 4.19. The van der Waals surface area contributed by atoms with E-state index in [1.54, 1.807) is 0 Å². The number of hydrogen-bond donors (Lipinski definition) is 0. The van der Waals surface area contributed by atoms with E-state index in [4.69, 9.17) is 18.9 Å². The highest BCUT2D eigenvalue weighted by molar-refractivity contribution is 5.14. The molecule has 2 aromatic rings. The molecule has 4 nitrogen and oxygen atoms in total. The Bertz CT molecular complexity index is 548. The summed E-state index contributed by atoms with van der Waals surface area (Å²) in [7, 11) is 0. The molecule has 0 amide bonds. The van der Waals surface area contributed by atoms with E-state index in [9.17, 15) is 0 Å². The lowest BCUT2D eigenvalue weighted by molar-refractivity contribution is -0.0818. The van der Waals surface area contributed by atoms with Gasteiger partial charge in [0, 0.05) is 0 Å². The molecule has 25 heavy (non-hydrogen) atoms. The van der Waals surface area contributed by atoms with Crippen LogP contribution in [0.3, 0.4) is 0 Å². The molecule has 3 rings (SSSR count). The Morgan fingerprint density at radius 2 is 1.16 bits per heavy atom. The van der Waals surface area contributed by atoms with Crippen LogP contribution in [0.4, 0.5) is 0 Å². The van der Waals surface area contributed by atoms with E-state index < -0.39 is 0 Å². The van der Waals surface area contributed by atoms with Gasteiger partial charge in [0.1, 0.15) is 12.2 Å². The molecule has 0 spiro atoms. The highest BCUT2D eigenvalue weighted by atomic mass is 16.7. The van der Waals surface area contributed by atoms with E-state index in [-0.39, 0.29) is 18.5 Å². The third kappa shape index (κ3) is 5.65. The number of benzene rings is 2. The fourth-order valence-electron chi connectivity index (χ4n) is 2.82. The average Bonchev–Trinajstić information content (AvgIpc) is 3.06. The van der Waals surface area contributed by atoms with Crippen LogP contribution in [-0.4, -0.2) is 31.7 Å². The summed E-state index contributed by atoms with van der Waals surface area (Å²) in [5.74, 6) is 0. The Kier molecular flexibility index (Phi) is 7.00. The van der Waals surface area contributed by atoms with Crippen molar-refractivity contribution in [3.05, 3.63) is 71.8 Å². The van der Waals surface area contributed by atoms with Crippen molar-refractivity contribution in [3.8, 4) is 0 Å². The largest absolute Gasteiger partial charge is 0.374 e. The van der Waals surface area contributed by atoms with Crippen LogP contribution in [0, 0.1) is 0 Å². The minimum Gasteiger partial charge on any atom is -0.374 e. The Labute approximate surface area is 149 Å². The Morgan fingerprint density at radius 1 is 0.720 bits per heavy atom.